The molecular formula is C18H20O4. The standard InChI is InChI=1S/C18H20O4/c1-10(2)17-13(19)9-14(20)18(17)11(3)12-6-7-15(21-4)16(8-12)22-5/h6-8H,9H2,1-5H3/b18-11-. The van der Waals surface area contributed by atoms with Crippen LogP contribution in [-0.4, -0.2) is 25.8 Å². The molecule has 0 heterocycles. The van der Waals surface area contributed by atoms with Crippen LogP contribution in [0.1, 0.15) is 32.8 Å². The molecule has 0 saturated heterocycles. The van der Waals surface area contributed by atoms with Crippen LogP contribution in [0.2, 0.25) is 0 Å². The number of allylic oxidation sites excluding steroid dienone is 4. The highest BCUT2D eigenvalue weighted by molar-refractivity contribution is 6.30. The first kappa shape index (κ1) is 16.0. The van der Waals surface area contributed by atoms with Crippen molar-refractivity contribution in [3.05, 3.63) is 40.5 Å². The molecule has 0 unspecified atom stereocenters. The zero-order valence-electron chi connectivity index (χ0n) is 13.6. The minimum Gasteiger partial charge on any atom is -0.493 e. The maximum absolute atomic E-state index is 12.2. The average Bonchev–Trinajstić information content (AvgIpc) is 2.80. The van der Waals surface area contributed by atoms with Gasteiger partial charge >= 0.3 is 0 Å². The molecule has 1 aromatic carbocycles. The summed E-state index contributed by atoms with van der Waals surface area (Å²) in [6.07, 6.45) is -0.0412. The first-order valence-electron chi connectivity index (χ1n) is 7.08. The van der Waals surface area contributed by atoms with E-state index in [1.54, 1.807) is 20.3 Å². The molecule has 0 aromatic heterocycles. The number of carbonyl (C=O) groups excluding carboxylic acids is 2. The molecule has 0 radical (unpaired) electrons. The van der Waals surface area contributed by atoms with E-state index in [9.17, 15) is 9.59 Å². The van der Waals surface area contributed by atoms with Gasteiger partial charge in [-0.05, 0) is 44.0 Å². The summed E-state index contributed by atoms with van der Waals surface area (Å²) in [5.41, 5.74) is 3.57. The molecule has 1 saturated carbocycles. The predicted molar refractivity (Wildman–Crippen MR) is 85.1 cm³/mol. The molecule has 1 aliphatic rings. The van der Waals surface area contributed by atoms with Crippen molar-refractivity contribution in [2.75, 3.05) is 14.2 Å². The Bertz CT molecular complexity index is 704. The van der Waals surface area contributed by atoms with Crippen molar-refractivity contribution in [2.24, 2.45) is 0 Å². The number of carbonyl (C=O) groups is 2. The number of hydrogen-bond acceptors (Lipinski definition) is 4. The minimum absolute atomic E-state index is 0.0412. The fourth-order valence-corrected chi connectivity index (χ4v) is 2.74. The Labute approximate surface area is 130 Å². The van der Waals surface area contributed by atoms with E-state index in [4.69, 9.17) is 9.47 Å². The summed E-state index contributed by atoms with van der Waals surface area (Å²) in [7, 11) is 3.14. The van der Waals surface area contributed by atoms with E-state index >= 15 is 0 Å². The predicted octanol–water partition coefficient (Wildman–Crippen LogP) is 3.36. The molecule has 1 fully saturated rings. The quantitative estimate of drug-likeness (QED) is 0.634. The lowest BCUT2D eigenvalue weighted by Gasteiger charge is -2.12. The second-order valence-electron chi connectivity index (χ2n) is 5.47. The van der Waals surface area contributed by atoms with Crippen LogP contribution in [0.5, 0.6) is 11.5 Å². The Morgan fingerprint density at radius 2 is 1.50 bits per heavy atom. The van der Waals surface area contributed by atoms with E-state index in [2.05, 4.69) is 0 Å². The summed E-state index contributed by atoms with van der Waals surface area (Å²) in [5.74, 6) is 1.00. The van der Waals surface area contributed by atoms with Crippen LogP contribution in [0, 0.1) is 0 Å². The SMILES string of the molecule is COc1ccc(/C(C)=C2/C(=O)CC(=O)C2=C(C)C)cc1OC. The molecule has 4 heteroatoms. The highest BCUT2D eigenvalue weighted by atomic mass is 16.5. The van der Waals surface area contributed by atoms with Crippen molar-refractivity contribution in [3.8, 4) is 11.5 Å². The van der Waals surface area contributed by atoms with Gasteiger partial charge in [-0.3, -0.25) is 9.59 Å². The van der Waals surface area contributed by atoms with Crippen LogP contribution in [0.4, 0.5) is 0 Å². The number of methoxy groups -OCH3 is 2. The van der Waals surface area contributed by atoms with Crippen LogP contribution in [0.15, 0.2) is 34.9 Å². The molecule has 4 nitrogen and oxygen atoms in total. The van der Waals surface area contributed by atoms with Gasteiger partial charge in [0.15, 0.2) is 23.1 Å². The Balaban J connectivity index is 2.63. The Kier molecular flexibility index (Phi) is 4.50. The van der Waals surface area contributed by atoms with Crippen LogP contribution in [-0.2, 0) is 9.59 Å². The number of Topliss-reactive ketones (excluding diaryl/α,β-unsaturated/α-hetero) is 2. The fourth-order valence-electron chi connectivity index (χ4n) is 2.74. The Morgan fingerprint density at radius 3 is 2.05 bits per heavy atom. The molecule has 0 spiro atoms. The van der Waals surface area contributed by atoms with Gasteiger partial charge in [-0.1, -0.05) is 11.6 Å². The van der Waals surface area contributed by atoms with Crippen molar-refractivity contribution in [3.63, 3.8) is 0 Å². The summed E-state index contributed by atoms with van der Waals surface area (Å²) in [6, 6.07) is 5.48. The normalized spacial score (nSPS) is 16.9. The van der Waals surface area contributed by atoms with Gasteiger partial charge in [0.2, 0.25) is 0 Å². The van der Waals surface area contributed by atoms with Crippen molar-refractivity contribution >= 4 is 17.1 Å². The number of ketones is 2. The summed E-state index contributed by atoms with van der Waals surface area (Å²) in [4.78, 5) is 24.3. The van der Waals surface area contributed by atoms with Gasteiger partial charge in [0.1, 0.15) is 0 Å². The maximum atomic E-state index is 12.2. The van der Waals surface area contributed by atoms with E-state index in [0.29, 0.717) is 22.6 Å². The lowest BCUT2D eigenvalue weighted by atomic mass is 9.94. The number of ether oxygens (including phenoxy) is 2. The molecule has 116 valence electrons. The van der Waals surface area contributed by atoms with Crippen molar-refractivity contribution in [1.82, 2.24) is 0 Å². The summed E-state index contributed by atoms with van der Waals surface area (Å²) >= 11 is 0. The van der Waals surface area contributed by atoms with Gasteiger partial charge in [0.25, 0.3) is 0 Å². The van der Waals surface area contributed by atoms with E-state index in [0.717, 1.165) is 16.7 Å². The third kappa shape index (κ3) is 2.69. The average molecular weight is 300 g/mol. The summed E-state index contributed by atoms with van der Waals surface area (Å²) < 4.78 is 10.5. The van der Waals surface area contributed by atoms with Gasteiger partial charge in [0.05, 0.1) is 20.6 Å². The number of benzene rings is 1. The molecule has 0 atom stereocenters. The van der Waals surface area contributed by atoms with Crippen LogP contribution < -0.4 is 9.47 Å². The molecule has 0 N–H and O–H groups in total. The minimum atomic E-state index is -0.117. The van der Waals surface area contributed by atoms with E-state index < -0.39 is 0 Å². The van der Waals surface area contributed by atoms with Crippen LogP contribution in [0.25, 0.3) is 5.57 Å². The Hall–Kier alpha value is -2.36. The molecule has 22 heavy (non-hydrogen) atoms. The molecule has 2 rings (SSSR count). The van der Waals surface area contributed by atoms with Gasteiger partial charge in [-0.25, -0.2) is 0 Å². The van der Waals surface area contributed by atoms with Crippen molar-refractivity contribution < 1.29 is 19.1 Å². The lowest BCUT2D eigenvalue weighted by Crippen LogP contribution is -2.00. The second kappa shape index (κ2) is 6.18. The highest BCUT2D eigenvalue weighted by Crippen LogP contribution is 2.36. The Morgan fingerprint density at radius 1 is 0.909 bits per heavy atom. The fraction of sp³-hybridized carbons (Fsp3) is 0.333. The largest absolute Gasteiger partial charge is 0.493 e. The van der Waals surface area contributed by atoms with Gasteiger partial charge in [-0.2, -0.15) is 0 Å². The zero-order chi connectivity index (χ0) is 16.4. The smallest absolute Gasteiger partial charge is 0.171 e. The monoisotopic (exact) mass is 300 g/mol. The molecule has 1 aromatic rings. The summed E-state index contributed by atoms with van der Waals surface area (Å²) in [5, 5.41) is 0. The van der Waals surface area contributed by atoms with E-state index in [1.807, 2.05) is 32.9 Å². The third-order valence-electron chi connectivity index (χ3n) is 3.82. The topological polar surface area (TPSA) is 52.6 Å². The highest BCUT2D eigenvalue weighted by Gasteiger charge is 2.33. The number of rotatable bonds is 3. The van der Waals surface area contributed by atoms with Gasteiger partial charge in [0, 0.05) is 11.1 Å². The molecule has 0 amide bonds. The van der Waals surface area contributed by atoms with E-state index in [-0.39, 0.29) is 18.0 Å². The molecular weight excluding hydrogens is 280 g/mol. The molecule has 0 aliphatic heterocycles. The number of hydrogen-bond donors (Lipinski definition) is 0. The van der Waals surface area contributed by atoms with Gasteiger partial charge in [-0.15, -0.1) is 0 Å². The van der Waals surface area contributed by atoms with Crippen molar-refractivity contribution in [1.29, 1.82) is 0 Å². The summed E-state index contributed by atoms with van der Waals surface area (Å²) in [6.45, 7) is 5.57. The van der Waals surface area contributed by atoms with Gasteiger partial charge < -0.3 is 9.47 Å². The first-order valence-corrected chi connectivity index (χ1v) is 7.08. The molecule has 1 aliphatic carbocycles. The van der Waals surface area contributed by atoms with Crippen LogP contribution >= 0.6 is 0 Å². The molecule has 0 bridgehead atoms. The third-order valence-corrected chi connectivity index (χ3v) is 3.82. The maximum Gasteiger partial charge on any atom is 0.171 e. The lowest BCUT2D eigenvalue weighted by molar-refractivity contribution is -0.120. The van der Waals surface area contributed by atoms with Crippen LogP contribution in [0.3, 0.4) is 0 Å². The zero-order valence-corrected chi connectivity index (χ0v) is 13.6. The first-order chi connectivity index (χ1) is 10.4. The van der Waals surface area contributed by atoms with Crippen molar-refractivity contribution in [2.45, 2.75) is 27.2 Å². The second-order valence-corrected chi connectivity index (χ2v) is 5.47. The van der Waals surface area contributed by atoms with E-state index in [1.165, 1.54) is 0 Å².